The van der Waals surface area contributed by atoms with E-state index >= 15 is 0 Å². The van der Waals surface area contributed by atoms with Crippen LogP contribution in [0.25, 0.3) is 10.9 Å². The standard InChI is InChI=1S/C9H5F3N2O3/c10-9(11,12)17-7-6-4(8(15)16)3-14-5(6)1-2-13-7/h1-3,14H,(H,15,16). The van der Waals surface area contributed by atoms with Gasteiger partial charge in [-0.3, -0.25) is 0 Å². The maximum atomic E-state index is 12.1. The largest absolute Gasteiger partial charge is 0.574 e. The number of hydrogen-bond acceptors (Lipinski definition) is 3. The van der Waals surface area contributed by atoms with Crippen LogP contribution in [0.2, 0.25) is 0 Å². The van der Waals surface area contributed by atoms with Gasteiger partial charge in [-0.1, -0.05) is 0 Å². The van der Waals surface area contributed by atoms with E-state index in [1.54, 1.807) is 0 Å². The number of H-pyrrole nitrogens is 1. The van der Waals surface area contributed by atoms with Gasteiger partial charge in [0.2, 0.25) is 5.88 Å². The highest BCUT2D eigenvalue weighted by Crippen LogP contribution is 2.30. The maximum Gasteiger partial charge on any atom is 0.574 e. The second-order valence-corrected chi connectivity index (χ2v) is 3.09. The fourth-order valence-corrected chi connectivity index (χ4v) is 1.40. The molecule has 0 spiro atoms. The number of rotatable bonds is 2. The lowest BCUT2D eigenvalue weighted by Gasteiger charge is -2.08. The molecule has 90 valence electrons. The van der Waals surface area contributed by atoms with Gasteiger partial charge in [0.05, 0.1) is 16.5 Å². The highest BCUT2D eigenvalue weighted by Gasteiger charge is 2.33. The van der Waals surface area contributed by atoms with E-state index in [-0.39, 0.29) is 16.5 Å². The molecule has 0 atom stereocenters. The van der Waals surface area contributed by atoms with Crippen molar-refractivity contribution in [2.45, 2.75) is 6.36 Å². The van der Waals surface area contributed by atoms with Crippen LogP contribution in [0.3, 0.4) is 0 Å². The maximum absolute atomic E-state index is 12.1. The van der Waals surface area contributed by atoms with Crippen LogP contribution >= 0.6 is 0 Å². The van der Waals surface area contributed by atoms with E-state index in [0.29, 0.717) is 0 Å². The molecule has 0 radical (unpaired) electrons. The van der Waals surface area contributed by atoms with Gasteiger partial charge >= 0.3 is 12.3 Å². The number of aromatic amines is 1. The number of alkyl halides is 3. The van der Waals surface area contributed by atoms with Gasteiger partial charge in [0.15, 0.2) is 0 Å². The SMILES string of the molecule is O=C(O)c1c[nH]c2ccnc(OC(F)(F)F)c12. The van der Waals surface area contributed by atoms with Crippen LogP contribution in [0.15, 0.2) is 18.5 Å². The number of halogens is 3. The molecule has 0 aliphatic rings. The number of carboxylic acid groups (broad SMARTS) is 1. The third kappa shape index (κ3) is 2.14. The molecule has 0 aliphatic heterocycles. The van der Waals surface area contributed by atoms with E-state index in [1.165, 1.54) is 6.07 Å². The summed E-state index contributed by atoms with van der Waals surface area (Å²) < 4.78 is 39.9. The number of aromatic nitrogens is 2. The van der Waals surface area contributed by atoms with Gasteiger partial charge in [-0.25, -0.2) is 9.78 Å². The molecule has 0 aliphatic carbocycles. The summed E-state index contributed by atoms with van der Waals surface area (Å²) in [6.45, 7) is 0. The molecule has 8 heteroatoms. The smallest absolute Gasteiger partial charge is 0.478 e. The van der Waals surface area contributed by atoms with E-state index < -0.39 is 18.2 Å². The van der Waals surface area contributed by atoms with Gasteiger partial charge in [0.25, 0.3) is 0 Å². The summed E-state index contributed by atoms with van der Waals surface area (Å²) in [5.74, 6) is -2.15. The summed E-state index contributed by atoms with van der Waals surface area (Å²) >= 11 is 0. The summed E-state index contributed by atoms with van der Waals surface area (Å²) in [5.41, 5.74) is -0.121. The first kappa shape index (κ1) is 11.2. The monoisotopic (exact) mass is 246 g/mol. The first-order valence-electron chi connectivity index (χ1n) is 4.33. The number of carbonyl (C=O) groups is 1. The van der Waals surface area contributed by atoms with Gasteiger partial charge in [0.1, 0.15) is 0 Å². The van der Waals surface area contributed by atoms with Crippen molar-refractivity contribution < 1.29 is 27.8 Å². The predicted octanol–water partition coefficient (Wildman–Crippen LogP) is 2.16. The zero-order valence-corrected chi connectivity index (χ0v) is 8.08. The lowest BCUT2D eigenvalue weighted by Crippen LogP contribution is -2.18. The quantitative estimate of drug-likeness (QED) is 0.851. The van der Waals surface area contributed by atoms with Crippen LogP contribution in [0.1, 0.15) is 10.4 Å². The zero-order chi connectivity index (χ0) is 12.6. The number of hydrogen-bond donors (Lipinski definition) is 2. The number of pyridine rings is 1. The van der Waals surface area contributed by atoms with Crippen LogP contribution in [-0.4, -0.2) is 27.4 Å². The molecule has 2 N–H and O–H groups in total. The number of nitrogens with one attached hydrogen (secondary N) is 1. The first-order chi connectivity index (χ1) is 7.88. The Kier molecular flexibility index (Phi) is 2.41. The Bertz CT molecular complexity index is 576. The molecule has 0 saturated heterocycles. The molecule has 2 aromatic heterocycles. The van der Waals surface area contributed by atoms with Crippen LogP contribution in [0.5, 0.6) is 5.88 Å². The molecule has 2 rings (SSSR count). The highest BCUT2D eigenvalue weighted by atomic mass is 19.4. The van der Waals surface area contributed by atoms with Crippen molar-refractivity contribution in [1.29, 1.82) is 0 Å². The van der Waals surface area contributed by atoms with E-state index in [0.717, 1.165) is 12.4 Å². The van der Waals surface area contributed by atoms with Crippen LogP contribution in [0, 0.1) is 0 Å². The summed E-state index contributed by atoms with van der Waals surface area (Å²) in [6, 6.07) is 1.35. The van der Waals surface area contributed by atoms with Crippen LogP contribution < -0.4 is 4.74 Å². The van der Waals surface area contributed by atoms with Crippen molar-refractivity contribution in [3.8, 4) is 5.88 Å². The van der Waals surface area contributed by atoms with Gasteiger partial charge in [-0.15, -0.1) is 13.2 Å². The van der Waals surface area contributed by atoms with E-state index in [1.807, 2.05) is 0 Å². The molecule has 0 amide bonds. The second kappa shape index (κ2) is 3.65. The topological polar surface area (TPSA) is 75.2 Å². The Balaban J connectivity index is 2.62. The van der Waals surface area contributed by atoms with Crippen molar-refractivity contribution in [3.63, 3.8) is 0 Å². The molecule has 0 aromatic carbocycles. The minimum Gasteiger partial charge on any atom is -0.478 e. The molecule has 0 fully saturated rings. The van der Waals surface area contributed by atoms with Crippen LogP contribution in [-0.2, 0) is 0 Å². The summed E-state index contributed by atoms with van der Waals surface area (Å²) in [6.07, 6.45) is -2.75. The fraction of sp³-hybridized carbons (Fsp3) is 0.111. The average Bonchev–Trinajstić information content (AvgIpc) is 2.59. The number of fused-ring (bicyclic) bond motifs is 1. The average molecular weight is 246 g/mol. The third-order valence-electron chi connectivity index (χ3n) is 2.00. The Morgan fingerprint density at radius 3 is 2.76 bits per heavy atom. The predicted molar refractivity (Wildman–Crippen MR) is 49.7 cm³/mol. The zero-order valence-electron chi connectivity index (χ0n) is 8.08. The first-order valence-corrected chi connectivity index (χ1v) is 4.33. The highest BCUT2D eigenvalue weighted by molar-refractivity contribution is 6.05. The number of aromatic carboxylic acids is 1. The lowest BCUT2D eigenvalue weighted by molar-refractivity contribution is -0.275. The molecule has 2 heterocycles. The molecular formula is C9H5F3N2O3. The fourth-order valence-electron chi connectivity index (χ4n) is 1.40. The minimum absolute atomic E-state index is 0.205. The molecule has 0 unspecified atom stereocenters. The van der Waals surface area contributed by atoms with E-state index in [9.17, 15) is 18.0 Å². The van der Waals surface area contributed by atoms with Gasteiger partial charge in [0, 0.05) is 12.4 Å². The van der Waals surface area contributed by atoms with E-state index in [4.69, 9.17) is 5.11 Å². The van der Waals surface area contributed by atoms with Crippen molar-refractivity contribution in [2.24, 2.45) is 0 Å². The van der Waals surface area contributed by atoms with Gasteiger partial charge in [-0.2, -0.15) is 0 Å². The Morgan fingerprint density at radius 1 is 1.47 bits per heavy atom. The molecule has 2 aromatic rings. The summed E-state index contributed by atoms with van der Waals surface area (Å²) in [7, 11) is 0. The van der Waals surface area contributed by atoms with Gasteiger partial charge < -0.3 is 14.8 Å². The molecule has 5 nitrogen and oxygen atoms in total. The lowest BCUT2D eigenvalue weighted by atomic mass is 10.2. The Hall–Kier alpha value is -2.25. The molecule has 0 bridgehead atoms. The third-order valence-corrected chi connectivity index (χ3v) is 2.00. The van der Waals surface area contributed by atoms with E-state index in [2.05, 4.69) is 14.7 Å². The number of ether oxygens (including phenoxy) is 1. The summed E-state index contributed by atoms with van der Waals surface area (Å²) in [5, 5.41) is 8.60. The minimum atomic E-state index is -4.92. The van der Waals surface area contributed by atoms with Crippen molar-refractivity contribution >= 4 is 16.9 Å². The molecule has 0 saturated carbocycles. The summed E-state index contributed by atoms with van der Waals surface area (Å²) in [4.78, 5) is 16.7. The van der Waals surface area contributed by atoms with Crippen molar-refractivity contribution in [3.05, 3.63) is 24.0 Å². The van der Waals surface area contributed by atoms with Crippen LogP contribution in [0.4, 0.5) is 13.2 Å². The number of carboxylic acids is 1. The molecule has 17 heavy (non-hydrogen) atoms. The normalized spacial score (nSPS) is 11.7. The Labute approximate surface area is 91.8 Å². The Morgan fingerprint density at radius 2 is 2.18 bits per heavy atom. The van der Waals surface area contributed by atoms with Crippen molar-refractivity contribution in [2.75, 3.05) is 0 Å². The number of nitrogens with zero attached hydrogens (tertiary/aromatic N) is 1. The second-order valence-electron chi connectivity index (χ2n) is 3.09. The molecular weight excluding hydrogens is 241 g/mol. The van der Waals surface area contributed by atoms with Gasteiger partial charge in [-0.05, 0) is 6.07 Å². The van der Waals surface area contributed by atoms with Crippen molar-refractivity contribution in [1.82, 2.24) is 9.97 Å².